The third-order valence-electron chi connectivity index (χ3n) is 2.96. The van der Waals surface area contributed by atoms with Gasteiger partial charge in [0.2, 0.25) is 0 Å². The molecule has 0 atom stereocenters. The Kier molecular flexibility index (Phi) is 5.82. The fourth-order valence-electron chi connectivity index (χ4n) is 1.89. The van der Waals surface area contributed by atoms with Crippen LogP contribution in [0, 0.1) is 6.92 Å². The van der Waals surface area contributed by atoms with Crippen molar-refractivity contribution in [1.82, 2.24) is 24.9 Å². The van der Waals surface area contributed by atoms with Crippen LogP contribution in [0.2, 0.25) is 10.2 Å². The Morgan fingerprint density at radius 1 is 1.41 bits per heavy atom. The van der Waals surface area contributed by atoms with Crippen LogP contribution in [-0.2, 0) is 18.0 Å². The molecule has 0 fully saturated rings. The molecular weight excluding hydrogens is 329 g/mol. The fourth-order valence-corrected chi connectivity index (χ4v) is 2.28. The zero-order chi connectivity index (χ0) is 16.1. The largest absolute Gasteiger partial charge is 0.362 e. The molecule has 0 spiro atoms. The van der Waals surface area contributed by atoms with Gasteiger partial charge in [-0.25, -0.2) is 4.68 Å². The van der Waals surface area contributed by atoms with E-state index in [1.807, 2.05) is 0 Å². The minimum absolute atomic E-state index is 0.226. The summed E-state index contributed by atoms with van der Waals surface area (Å²) >= 11 is 12.0. The highest BCUT2D eigenvalue weighted by molar-refractivity contribution is 6.41. The topological polar surface area (TPSA) is 74.0 Å². The number of nitrogens with one attached hydrogen (secondary N) is 1. The number of carbonyl (C=O) groups excluding carboxylic acids is 1. The number of hydrogen-bond acceptors (Lipinski definition) is 4. The van der Waals surface area contributed by atoms with Gasteiger partial charge < -0.3 is 10.1 Å². The van der Waals surface area contributed by atoms with E-state index < -0.39 is 0 Å². The van der Waals surface area contributed by atoms with Crippen LogP contribution in [0.25, 0.3) is 0 Å². The molecule has 0 saturated heterocycles. The number of hydrogen-bond donors (Lipinski definition) is 1. The lowest BCUT2D eigenvalue weighted by molar-refractivity contribution is 0.0939. The van der Waals surface area contributed by atoms with Gasteiger partial charge in [-0.05, 0) is 19.4 Å². The van der Waals surface area contributed by atoms with Gasteiger partial charge in [-0.1, -0.05) is 23.2 Å². The van der Waals surface area contributed by atoms with Crippen LogP contribution in [0.1, 0.15) is 22.6 Å². The SMILES string of the molecule is COCn1ccc(C(=O)NCCCn2nc(C)c(Cl)c2Cl)n1. The second kappa shape index (κ2) is 7.62. The average molecular weight is 346 g/mol. The van der Waals surface area contributed by atoms with Crippen LogP contribution >= 0.6 is 23.2 Å². The summed E-state index contributed by atoms with van der Waals surface area (Å²) in [7, 11) is 1.57. The number of aryl methyl sites for hydroxylation is 2. The van der Waals surface area contributed by atoms with Gasteiger partial charge in [0.15, 0.2) is 0 Å². The summed E-state index contributed by atoms with van der Waals surface area (Å²) in [4.78, 5) is 11.9. The van der Waals surface area contributed by atoms with Crippen molar-refractivity contribution < 1.29 is 9.53 Å². The molecule has 7 nitrogen and oxygen atoms in total. The van der Waals surface area contributed by atoms with Crippen LogP contribution in [0.15, 0.2) is 12.3 Å². The summed E-state index contributed by atoms with van der Waals surface area (Å²) < 4.78 is 8.10. The molecule has 0 saturated carbocycles. The molecule has 2 aromatic rings. The Balaban J connectivity index is 1.78. The minimum Gasteiger partial charge on any atom is -0.362 e. The molecule has 2 aromatic heterocycles. The van der Waals surface area contributed by atoms with Crippen molar-refractivity contribution in [2.24, 2.45) is 0 Å². The third-order valence-corrected chi connectivity index (χ3v) is 3.90. The van der Waals surface area contributed by atoms with E-state index >= 15 is 0 Å². The monoisotopic (exact) mass is 345 g/mol. The van der Waals surface area contributed by atoms with E-state index in [9.17, 15) is 4.79 Å². The lowest BCUT2D eigenvalue weighted by atomic mass is 10.3. The Labute approximate surface area is 138 Å². The van der Waals surface area contributed by atoms with Crippen molar-refractivity contribution in [1.29, 1.82) is 0 Å². The van der Waals surface area contributed by atoms with E-state index in [2.05, 4.69) is 15.5 Å². The van der Waals surface area contributed by atoms with Crippen molar-refractivity contribution >= 4 is 29.1 Å². The highest BCUT2D eigenvalue weighted by atomic mass is 35.5. The number of rotatable bonds is 7. The molecule has 1 amide bonds. The maximum atomic E-state index is 11.9. The first-order valence-corrected chi connectivity index (χ1v) is 7.47. The van der Waals surface area contributed by atoms with Gasteiger partial charge >= 0.3 is 0 Å². The molecular formula is C13H17Cl2N5O2. The highest BCUT2D eigenvalue weighted by Crippen LogP contribution is 2.24. The predicted molar refractivity (Wildman–Crippen MR) is 83.2 cm³/mol. The summed E-state index contributed by atoms with van der Waals surface area (Å²) in [5, 5.41) is 12.0. The first kappa shape index (κ1) is 16.8. The summed E-state index contributed by atoms with van der Waals surface area (Å²) in [6.07, 6.45) is 2.37. The van der Waals surface area contributed by atoms with Crippen LogP contribution in [0.3, 0.4) is 0 Å². The average Bonchev–Trinajstić information content (AvgIpc) is 3.05. The maximum absolute atomic E-state index is 11.9. The van der Waals surface area contributed by atoms with Crippen molar-refractivity contribution in [3.63, 3.8) is 0 Å². The Bertz CT molecular complexity index is 653. The number of nitrogens with zero attached hydrogens (tertiary/aromatic N) is 4. The molecule has 120 valence electrons. The number of ether oxygens (including phenoxy) is 1. The van der Waals surface area contributed by atoms with Crippen molar-refractivity contribution in [2.45, 2.75) is 26.6 Å². The van der Waals surface area contributed by atoms with Crippen LogP contribution in [-0.4, -0.2) is 39.1 Å². The molecule has 0 aliphatic heterocycles. The Morgan fingerprint density at radius 2 is 2.18 bits per heavy atom. The molecule has 0 aliphatic carbocycles. The molecule has 1 N–H and O–H groups in total. The molecule has 0 radical (unpaired) electrons. The predicted octanol–water partition coefficient (Wildman–Crippen LogP) is 2.12. The lowest BCUT2D eigenvalue weighted by Crippen LogP contribution is -2.26. The molecule has 22 heavy (non-hydrogen) atoms. The first-order chi connectivity index (χ1) is 10.5. The maximum Gasteiger partial charge on any atom is 0.271 e. The Hall–Kier alpha value is -1.57. The number of carbonyl (C=O) groups is 1. The lowest BCUT2D eigenvalue weighted by Gasteiger charge is -2.05. The second-order valence-electron chi connectivity index (χ2n) is 4.68. The molecule has 0 aromatic carbocycles. The van der Waals surface area contributed by atoms with Gasteiger partial charge in [0.05, 0.1) is 5.69 Å². The summed E-state index contributed by atoms with van der Waals surface area (Å²) in [6, 6.07) is 1.64. The highest BCUT2D eigenvalue weighted by Gasteiger charge is 2.11. The zero-order valence-corrected chi connectivity index (χ0v) is 13.9. The Morgan fingerprint density at radius 3 is 2.82 bits per heavy atom. The van der Waals surface area contributed by atoms with E-state index in [0.29, 0.717) is 47.8 Å². The van der Waals surface area contributed by atoms with Crippen LogP contribution in [0.4, 0.5) is 0 Å². The van der Waals surface area contributed by atoms with E-state index in [0.717, 1.165) is 0 Å². The summed E-state index contributed by atoms with van der Waals surface area (Å²) in [5.74, 6) is -0.226. The molecule has 0 unspecified atom stereocenters. The van der Waals surface area contributed by atoms with Gasteiger partial charge in [-0.15, -0.1) is 0 Å². The normalized spacial score (nSPS) is 10.9. The van der Waals surface area contributed by atoms with E-state index in [-0.39, 0.29) is 5.91 Å². The van der Waals surface area contributed by atoms with Crippen molar-refractivity contribution in [3.8, 4) is 0 Å². The molecule has 9 heteroatoms. The second-order valence-corrected chi connectivity index (χ2v) is 5.42. The summed E-state index contributed by atoms with van der Waals surface area (Å²) in [5.41, 5.74) is 1.05. The molecule has 2 rings (SSSR count). The number of methoxy groups -OCH3 is 1. The minimum atomic E-state index is -0.226. The quantitative estimate of drug-likeness (QED) is 0.780. The van der Waals surface area contributed by atoms with Gasteiger partial charge in [0.25, 0.3) is 5.91 Å². The summed E-state index contributed by atoms with van der Waals surface area (Å²) in [6.45, 7) is 3.17. The van der Waals surface area contributed by atoms with Gasteiger partial charge in [0.1, 0.15) is 22.6 Å². The van der Waals surface area contributed by atoms with E-state index in [1.54, 1.807) is 35.7 Å². The standard InChI is InChI=1S/C13H17Cl2N5O2/c1-9-11(14)12(15)20(17-9)6-3-5-16-13(21)10-4-7-19(18-10)8-22-2/h4,7H,3,5-6,8H2,1-2H3,(H,16,21). The molecule has 0 aliphatic rings. The number of halogens is 2. The smallest absolute Gasteiger partial charge is 0.271 e. The third kappa shape index (κ3) is 4.00. The van der Waals surface area contributed by atoms with Crippen LogP contribution in [0.5, 0.6) is 0 Å². The van der Waals surface area contributed by atoms with E-state index in [1.165, 1.54) is 0 Å². The van der Waals surface area contributed by atoms with E-state index in [4.69, 9.17) is 27.9 Å². The van der Waals surface area contributed by atoms with Crippen molar-refractivity contribution in [3.05, 3.63) is 33.8 Å². The van der Waals surface area contributed by atoms with Crippen LogP contribution < -0.4 is 5.32 Å². The zero-order valence-electron chi connectivity index (χ0n) is 12.3. The van der Waals surface area contributed by atoms with Gasteiger partial charge in [0, 0.05) is 26.4 Å². The fraction of sp³-hybridized carbons (Fsp3) is 0.462. The first-order valence-electron chi connectivity index (χ1n) is 6.72. The van der Waals surface area contributed by atoms with Gasteiger partial charge in [-0.2, -0.15) is 10.2 Å². The van der Waals surface area contributed by atoms with Gasteiger partial charge in [-0.3, -0.25) is 9.48 Å². The molecule has 0 bridgehead atoms. The number of amides is 1. The number of aromatic nitrogens is 4. The van der Waals surface area contributed by atoms with Crippen molar-refractivity contribution in [2.75, 3.05) is 13.7 Å². The molecule has 2 heterocycles.